The van der Waals surface area contributed by atoms with Crippen molar-refractivity contribution >= 4 is 29.3 Å². The second kappa shape index (κ2) is 12.8. The fraction of sp³-hybridized carbons (Fsp3) is 0.400. The van der Waals surface area contributed by atoms with Crippen molar-refractivity contribution < 1.29 is 24.2 Å². The summed E-state index contributed by atoms with van der Waals surface area (Å²) in [6, 6.07) is 5.34. The molecule has 0 saturated carbocycles. The molecule has 2 aromatic rings. The molecule has 33 heavy (non-hydrogen) atoms. The van der Waals surface area contributed by atoms with Crippen molar-refractivity contribution in [2.24, 2.45) is 0 Å². The average molecular weight is 474 g/mol. The van der Waals surface area contributed by atoms with Gasteiger partial charge in [0.2, 0.25) is 0 Å². The van der Waals surface area contributed by atoms with Crippen molar-refractivity contribution in [1.29, 1.82) is 0 Å². The number of thiophene rings is 1. The van der Waals surface area contributed by atoms with E-state index in [1.807, 2.05) is 19.9 Å². The summed E-state index contributed by atoms with van der Waals surface area (Å²) < 4.78 is 5.37. The summed E-state index contributed by atoms with van der Waals surface area (Å²) in [6.45, 7) is 5.79. The van der Waals surface area contributed by atoms with Crippen molar-refractivity contribution in [3.8, 4) is 5.75 Å². The zero-order valence-electron chi connectivity index (χ0n) is 19.2. The molecular formula is C25H31NO6S. The Kier molecular flexibility index (Phi) is 10.1. The number of Topliss-reactive ketones (excluding diaryl/α,β-unsaturated/α-hetero) is 1. The highest BCUT2D eigenvalue weighted by Gasteiger charge is 2.23. The van der Waals surface area contributed by atoms with Crippen LogP contribution in [0.1, 0.15) is 84.7 Å². The molecule has 0 aromatic carbocycles. The maximum Gasteiger partial charge on any atom is 0.408 e. The SMILES string of the molecule is CCCCc1ccc(/C=C(/CC)C(=O)c2c(O)cc(C(C)CCC=CNC(=O)O)oc2=O)s1. The zero-order valence-corrected chi connectivity index (χ0v) is 20.0. The van der Waals surface area contributed by atoms with Gasteiger partial charge in [0.15, 0.2) is 5.78 Å². The molecule has 1 amide bonds. The van der Waals surface area contributed by atoms with Crippen molar-refractivity contribution in [3.05, 3.63) is 67.5 Å². The zero-order chi connectivity index (χ0) is 24.4. The number of hydrogen-bond donors (Lipinski definition) is 3. The van der Waals surface area contributed by atoms with Gasteiger partial charge >= 0.3 is 11.7 Å². The lowest BCUT2D eigenvalue weighted by Gasteiger charge is -2.11. The minimum atomic E-state index is -1.15. The molecule has 3 N–H and O–H groups in total. The van der Waals surface area contributed by atoms with Crippen LogP contribution in [0.3, 0.4) is 0 Å². The highest BCUT2D eigenvalue weighted by molar-refractivity contribution is 7.12. The average Bonchev–Trinajstić information content (AvgIpc) is 3.22. The van der Waals surface area contributed by atoms with Gasteiger partial charge in [0, 0.05) is 33.5 Å². The highest BCUT2D eigenvalue weighted by atomic mass is 32.1. The number of allylic oxidation sites excluding steroid dienone is 2. The van der Waals surface area contributed by atoms with Crippen LogP contribution in [-0.2, 0) is 6.42 Å². The van der Waals surface area contributed by atoms with E-state index in [4.69, 9.17) is 9.52 Å². The Morgan fingerprint density at radius 1 is 1.27 bits per heavy atom. The topological polar surface area (TPSA) is 117 Å². The second-order valence-electron chi connectivity index (χ2n) is 7.79. The highest BCUT2D eigenvalue weighted by Crippen LogP contribution is 2.28. The third kappa shape index (κ3) is 7.75. The molecule has 0 bridgehead atoms. The predicted molar refractivity (Wildman–Crippen MR) is 130 cm³/mol. The van der Waals surface area contributed by atoms with Crippen molar-refractivity contribution in [1.82, 2.24) is 5.32 Å². The van der Waals surface area contributed by atoms with Crippen LogP contribution in [0.15, 0.2) is 45.3 Å². The normalized spacial score (nSPS) is 12.8. The summed E-state index contributed by atoms with van der Waals surface area (Å²) in [7, 11) is 0. The molecule has 0 fully saturated rings. The quantitative estimate of drug-likeness (QED) is 0.254. The third-order valence-electron chi connectivity index (χ3n) is 5.20. The lowest BCUT2D eigenvalue weighted by molar-refractivity contribution is 0.102. The van der Waals surface area contributed by atoms with Crippen LogP contribution < -0.4 is 10.9 Å². The van der Waals surface area contributed by atoms with Gasteiger partial charge in [-0.2, -0.15) is 0 Å². The molecular weight excluding hydrogens is 442 g/mol. The van der Waals surface area contributed by atoms with E-state index in [-0.39, 0.29) is 17.2 Å². The molecule has 2 aromatic heterocycles. The van der Waals surface area contributed by atoms with Crippen LogP contribution in [0, 0.1) is 0 Å². The van der Waals surface area contributed by atoms with Gasteiger partial charge in [0.05, 0.1) is 0 Å². The molecule has 0 saturated heterocycles. The van der Waals surface area contributed by atoms with Gasteiger partial charge < -0.3 is 14.6 Å². The van der Waals surface area contributed by atoms with Gasteiger partial charge in [-0.15, -0.1) is 11.3 Å². The first-order chi connectivity index (χ1) is 15.8. The number of hydrogen-bond acceptors (Lipinski definition) is 6. The van der Waals surface area contributed by atoms with Gasteiger partial charge in [-0.05, 0) is 50.3 Å². The molecule has 178 valence electrons. The molecule has 2 rings (SSSR count). The maximum atomic E-state index is 13.0. The smallest absolute Gasteiger partial charge is 0.408 e. The number of unbranched alkanes of at least 4 members (excludes halogenated alkanes) is 1. The molecule has 0 aliphatic carbocycles. The van der Waals surface area contributed by atoms with Crippen LogP contribution in [0.5, 0.6) is 5.75 Å². The van der Waals surface area contributed by atoms with Crippen LogP contribution in [0.2, 0.25) is 0 Å². The number of rotatable bonds is 12. The van der Waals surface area contributed by atoms with Crippen LogP contribution in [-0.4, -0.2) is 22.1 Å². The Labute approximate surface area is 197 Å². The number of carboxylic acid groups (broad SMARTS) is 1. The van der Waals surface area contributed by atoms with Gasteiger partial charge in [-0.25, -0.2) is 9.59 Å². The summed E-state index contributed by atoms with van der Waals surface area (Å²) in [6.07, 6.45) is 8.34. The molecule has 2 heterocycles. The lowest BCUT2D eigenvalue weighted by Crippen LogP contribution is -2.17. The first-order valence-corrected chi connectivity index (χ1v) is 11.9. The van der Waals surface area contributed by atoms with E-state index in [0.29, 0.717) is 24.8 Å². The molecule has 8 heteroatoms. The number of ketones is 1. The van der Waals surface area contributed by atoms with E-state index >= 15 is 0 Å². The van der Waals surface area contributed by atoms with Crippen LogP contribution in [0.4, 0.5) is 4.79 Å². The largest absolute Gasteiger partial charge is 0.507 e. The molecule has 0 spiro atoms. The van der Waals surface area contributed by atoms with E-state index < -0.39 is 23.3 Å². The first kappa shape index (κ1) is 26.1. The fourth-order valence-electron chi connectivity index (χ4n) is 3.27. The van der Waals surface area contributed by atoms with Gasteiger partial charge in [0.25, 0.3) is 0 Å². The number of aromatic hydroxyl groups is 1. The summed E-state index contributed by atoms with van der Waals surface area (Å²) >= 11 is 1.62. The number of carbonyl (C=O) groups is 2. The number of aryl methyl sites for hydroxylation is 1. The van der Waals surface area contributed by atoms with Crippen molar-refractivity contribution in [2.45, 2.75) is 65.2 Å². The molecule has 1 atom stereocenters. The first-order valence-electron chi connectivity index (χ1n) is 11.1. The molecule has 0 radical (unpaired) electrons. The van der Waals surface area contributed by atoms with Gasteiger partial charge in [-0.1, -0.05) is 33.3 Å². The van der Waals surface area contributed by atoms with E-state index in [2.05, 4.69) is 18.3 Å². The van der Waals surface area contributed by atoms with E-state index in [1.165, 1.54) is 17.1 Å². The van der Waals surface area contributed by atoms with Gasteiger partial charge in [0.1, 0.15) is 17.1 Å². The summed E-state index contributed by atoms with van der Waals surface area (Å²) in [5, 5.41) is 21.1. The number of nitrogens with one attached hydrogen (secondary N) is 1. The van der Waals surface area contributed by atoms with Crippen molar-refractivity contribution in [2.75, 3.05) is 0 Å². The fourth-order valence-corrected chi connectivity index (χ4v) is 4.29. The van der Waals surface area contributed by atoms with Crippen molar-refractivity contribution in [3.63, 3.8) is 0 Å². The van der Waals surface area contributed by atoms with Gasteiger partial charge in [-0.3, -0.25) is 10.1 Å². The molecule has 7 nitrogen and oxygen atoms in total. The van der Waals surface area contributed by atoms with Crippen LogP contribution >= 0.6 is 11.3 Å². The third-order valence-corrected chi connectivity index (χ3v) is 6.29. The Morgan fingerprint density at radius 2 is 2.03 bits per heavy atom. The molecule has 0 aliphatic rings. The van der Waals surface area contributed by atoms with Crippen LogP contribution in [0.25, 0.3) is 6.08 Å². The predicted octanol–water partition coefficient (Wildman–Crippen LogP) is 6.09. The lowest BCUT2D eigenvalue weighted by atomic mass is 9.98. The maximum absolute atomic E-state index is 13.0. The molecule has 1 unspecified atom stereocenters. The monoisotopic (exact) mass is 473 g/mol. The second-order valence-corrected chi connectivity index (χ2v) is 8.99. The number of carbonyl (C=O) groups excluding carboxylic acids is 1. The minimum absolute atomic E-state index is 0.212. The Hall–Kier alpha value is -3.13. The Bertz CT molecular complexity index is 1080. The van der Waals surface area contributed by atoms with E-state index in [1.54, 1.807) is 23.5 Å². The van der Waals surface area contributed by atoms with E-state index in [0.717, 1.165) is 24.1 Å². The summed E-state index contributed by atoms with van der Waals surface area (Å²) in [5.74, 6) is -0.866. The summed E-state index contributed by atoms with van der Waals surface area (Å²) in [4.78, 5) is 38.2. The minimum Gasteiger partial charge on any atom is -0.507 e. The molecule has 0 aliphatic heterocycles. The standard InChI is InChI=1S/C25H31NO6S/c1-4-6-10-18-11-12-19(33-18)14-17(5-2)23(28)22-20(27)15-21(32-24(22)29)16(3)9-7-8-13-26-25(30)31/h8,11-16,26-27H,4-7,9-10H2,1-3H3,(H,30,31)/b13-8?,17-14-. The summed E-state index contributed by atoms with van der Waals surface area (Å²) in [5.41, 5.74) is -0.787. The Balaban J connectivity index is 2.17. The van der Waals surface area contributed by atoms with E-state index in [9.17, 15) is 19.5 Å². The number of amides is 1. The Morgan fingerprint density at radius 3 is 2.67 bits per heavy atom.